The Labute approximate surface area is 133 Å². The molecule has 0 aromatic heterocycles. The second-order valence-electron chi connectivity index (χ2n) is 5.92. The minimum absolute atomic E-state index is 0.251. The summed E-state index contributed by atoms with van der Waals surface area (Å²) in [5, 5.41) is 3.28. The Balaban J connectivity index is 1.69. The first-order valence-electron chi connectivity index (χ1n) is 8.37. The molecule has 1 aromatic rings. The molecule has 1 aliphatic heterocycles. The Hall–Kier alpha value is -1.55. The Morgan fingerprint density at radius 1 is 1.32 bits per heavy atom. The Morgan fingerprint density at radius 2 is 2.09 bits per heavy atom. The molecule has 1 N–H and O–H groups in total. The van der Waals surface area contributed by atoms with E-state index in [0.717, 1.165) is 44.5 Å². The number of nitrogens with one attached hydrogen (secondary N) is 1. The van der Waals surface area contributed by atoms with E-state index in [4.69, 9.17) is 4.74 Å². The predicted molar refractivity (Wildman–Crippen MR) is 89.2 cm³/mol. The van der Waals surface area contributed by atoms with Gasteiger partial charge in [0.25, 0.3) is 0 Å². The van der Waals surface area contributed by atoms with E-state index in [-0.39, 0.29) is 5.91 Å². The number of carbonyl (C=O) groups excluding carboxylic acids is 1. The molecule has 1 aliphatic rings. The Bertz CT molecular complexity index is 459. The molecule has 0 aliphatic carbocycles. The molecule has 1 fully saturated rings. The van der Waals surface area contributed by atoms with Crippen molar-refractivity contribution in [2.45, 2.75) is 45.1 Å². The van der Waals surface area contributed by atoms with E-state index >= 15 is 0 Å². The quantitative estimate of drug-likeness (QED) is 0.787. The molecule has 1 aromatic carbocycles. The van der Waals surface area contributed by atoms with Crippen molar-refractivity contribution in [2.24, 2.45) is 0 Å². The summed E-state index contributed by atoms with van der Waals surface area (Å²) in [5.41, 5.74) is 1.25. The number of ether oxygens (including phenoxy) is 1. The van der Waals surface area contributed by atoms with Crippen molar-refractivity contribution in [1.82, 2.24) is 10.2 Å². The minimum Gasteiger partial charge on any atom is -0.497 e. The SMILES string of the molecule is CCC1CCCCN1C(=O)CNCCc1ccc(OC)cc1. The van der Waals surface area contributed by atoms with Crippen LogP contribution in [-0.2, 0) is 11.2 Å². The van der Waals surface area contributed by atoms with E-state index in [2.05, 4.69) is 29.3 Å². The summed E-state index contributed by atoms with van der Waals surface area (Å²) in [6, 6.07) is 8.53. The van der Waals surface area contributed by atoms with Crippen molar-refractivity contribution < 1.29 is 9.53 Å². The lowest BCUT2D eigenvalue weighted by molar-refractivity contribution is -0.133. The standard InChI is InChI=1S/C18H28N2O2/c1-3-16-6-4-5-13-20(16)18(21)14-19-12-11-15-7-9-17(22-2)10-8-15/h7-10,16,19H,3-6,11-14H2,1-2H3. The van der Waals surface area contributed by atoms with Gasteiger partial charge in [0.05, 0.1) is 13.7 Å². The van der Waals surface area contributed by atoms with Crippen LogP contribution in [0.2, 0.25) is 0 Å². The third-order valence-corrected chi connectivity index (χ3v) is 4.44. The van der Waals surface area contributed by atoms with Gasteiger partial charge in [-0.25, -0.2) is 0 Å². The van der Waals surface area contributed by atoms with Gasteiger partial charge in [-0.3, -0.25) is 4.79 Å². The Kier molecular flexibility index (Phi) is 6.72. The lowest BCUT2D eigenvalue weighted by atomic mass is 10.00. The fraction of sp³-hybridized carbons (Fsp3) is 0.611. The molecule has 2 rings (SSSR count). The molecule has 4 heteroatoms. The minimum atomic E-state index is 0.251. The first-order valence-corrected chi connectivity index (χ1v) is 8.37. The van der Waals surface area contributed by atoms with E-state index in [1.54, 1.807) is 7.11 Å². The number of piperidine rings is 1. The Morgan fingerprint density at radius 3 is 2.77 bits per heavy atom. The maximum atomic E-state index is 12.3. The molecule has 1 amide bonds. The summed E-state index contributed by atoms with van der Waals surface area (Å²) in [6.45, 7) is 4.38. The molecular formula is C18H28N2O2. The monoisotopic (exact) mass is 304 g/mol. The number of nitrogens with zero attached hydrogens (tertiary/aromatic N) is 1. The molecular weight excluding hydrogens is 276 g/mol. The van der Waals surface area contributed by atoms with Crippen LogP contribution in [0, 0.1) is 0 Å². The maximum Gasteiger partial charge on any atom is 0.236 e. The molecule has 0 saturated carbocycles. The van der Waals surface area contributed by atoms with Gasteiger partial charge >= 0.3 is 0 Å². The van der Waals surface area contributed by atoms with Crippen molar-refractivity contribution in [3.63, 3.8) is 0 Å². The summed E-state index contributed by atoms with van der Waals surface area (Å²) in [4.78, 5) is 14.4. The van der Waals surface area contributed by atoms with Crippen molar-refractivity contribution in [1.29, 1.82) is 0 Å². The van der Waals surface area contributed by atoms with E-state index in [9.17, 15) is 4.79 Å². The van der Waals surface area contributed by atoms with Gasteiger partial charge in [0.1, 0.15) is 5.75 Å². The first kappa shape index (κ1) is 16.8. The van der Waals surface area contributed by atoms with Crippen LogP contribution in [0.3, 0.4) is 0 Å². The van der Waals surface area contributed by atoms with E-state index in [1.165, 1.54) is 12.0 Å². The number of carbonyl (C=O) groups is 1. The summed E-state index contributed by atoms with van der Waals surface area (Å²) < 4.78 is 5.15. The van der Waals surface area contributed by atoms with Crippen LogP contribution in [-0.4, -0.2) is 43.6 Å². The number of benzene rings is 1. The summed E-state index contributed by atoms with van der Waals surface area (Å²) in [7, 11) is 1.67. The normalized spacial score (nSPS) is 18.3. The molecule has 0 spiro atoms. The van der Waals surface area contributed by atoms with Crippen LogP contribution in [0.15, 0.2) is 24.3 Å². The highest BCUT2D eigenvalue weighted by Gasteiger charge is 2.24. The topological polar surface area (TPSA) is 41.6 Å². The van der Waals surface area contributed by atoms with E-state index in [0.29, 0.717) is 12.6 Å². The second-order valence-corrected chi connectivity index (χ2v) is 5.92. The van der Waals surface area contributed by atoms with Crippen LogP contribution in [0.25, 0.3) is 0 Å². The molecule has 1 atom stereocenters. The molecule has 22 heavy (non-hydrogen) atoms. The molecule has 1 saturated heterocycles. The zero-order chi connectivity index (χ0) is 15.8. The highest BCUT2D eigenvalue weighted by atomic mass is 16.5. The number of amides is 1. The number of likely N-dealkylation sites (tertiary alicyclic amines) is 1. The zero-order valence-electron chi connectivity index (χ0n) is 13.8. The van der Waals surface area contributed by atoms with Gasteiger partial charge in [-0.15, -0.1) is 0 Å². The molecule has 0 radical (unpaired) electrons. The number of rotatable bonds is 7. The summed E-state index contributed by atoms with van der Waals surface area (Å²) in [6.07, 6.45) is 5.56. The molecule has 4 nitrogen and oxygen atoms in total. The van der Waals surface area contributed by atoms with Crippen LogP contribution >= 0.6 is 0 Å². The lowest BCUT2D eigenvalue weighted by Crippen LogP contribution is -2.47. The van der Waals surface area contributed by atoms with Gasteiger partial charge in [0.15, 0.2) is 0 Å². The average molecular weight is 304 g/mol. The second kappa shape index (κ2) is 8.79. The summed E-state index contributed by atoms with van der Waals surface area (Å²) >= 11 is 0. The molecule has 1 unspecified atom stereocenters. The van der Waals surface area contributed by atoms with Gasteiger partial charge in [0, 0.05) is 12.6 Å². The highest BCUT2D eigenvalue weighted by Crippen LogP contribution is 2.19. The number of hydrogen-bond donors (Lipinski definition) is 1. The van der Waals surface area contributed by atoms with Crippen LogP contribution in [0.4, 0.5) is 0 Å². The number of hydrogen-bond acceptors (Lipinski definition) is 3. The molecule has 1 heterocycles. The first-order chi connectivity index (χ1) is 10.7. The van der Waals surface area contributed by atoms with Gasteiger partial charge in [-0.05, 0) is 56.3 Å². The maximum absolute atomic E-state index is 12.3. The van der Waals surface area contributed by atoms with E-state index in [1.807, 2.05) is 12.1 Å². The predicted octanol–water partition coefficient (Wildman–Crippen LogP) is 2.62. The van der Waals surface area contributed by atoms with Crippen molar-refractivity contribution in [3.8, 4) is 5.75 Å². The third kappa shape index (κ3) is 4.73. The van der Waals surface area contributed by atoms with Gasteiger partial charge < -0.3 is 15.0 Å². The van der Waals surface area contributed by atoms with Gasteiger partial charge in [-0.1, -0.05) is 19.1 Å². The third-order valence-electron chi connectivity index (χ3n) is 4.44. The fourth-order valence-electron chi connectivity index (χ4n) is 3.08. The summed E-state index contributed by atoms with van der Waals surface area (Å²) in [5.74, 6) is 1.13. The van der Waals surface area contributed by atoms with Crippen molar-refractivity contribution >= 4 is 5.91 Å². The fourth-order valence-corrected chi connectivity index (χ4v) is 3.08. The molecule has 0 bridgehead atoms. The van der Waals surface area contributed by atoms with Gasteiger partial charge in [-0.2, -0.15) is 0 Å². The van der Waals surface area contributed by atoms with Crippen LogP contribution in [0.1, 0.15) is 38.2 Å². The largest absolute Gasteiger partial charge is 0.497 e. The number of methoxy groups -OCH3 is 1. The van der Waals surface area contributed by atoms with E-state index < -0.39 is 0 Å². The zero-order valence-corrected chi connectivity index (χ0v) is 13.8. The van der Waals surface area contributed by atoms with Crippen LogP contribution < -0.4 is 10.1 Å². The highest BCUT2D eigenvalue weighted by molar-refractivity contribution is 5.78. The van der Waals surface area contributed by atoms with Crippen molar-refractivity contribution in [3.05, 3.63) is 29.8 Å². The smallest absolute Gasteiger partial charge is 0.236 e. The average Bonchev–Trinajstić information content (AvgIpc) is 2.59. The van der Waals surface area contributed by atoms with Gasteiger partial charge in [0.2, 0.25) is 5.91 Å². The molecule has 122 valence electrons. The lowest BCUT2D eigenvalue weighted by Gasteiger charge is -2.35. The van der Waals surface area contributed by atoms with Crippen molar-refractivity contribution in [2.75, 3.05) is 26.7 Å². The van der Waals surface area contributed by atoms with Crippen LogP contribution in [0.5, 0.6) is 5.75 Å².